The van der Waals surface area contributed by atoms with E-state index in [0.29, 0.717) is 5.39 Å². The van der Waals surface area contributed by atoms with Gasteiger partial charge in [-0.25, -0.2) is 8.42 Å². The van der Waals surface area contributed by atoms with E-state index in [9.17, 15) is 8.42 Å². The molecule has 0 aliphatic heterocycles. The molecule has 0 bridgehead atoms. The van der Waals surface area contributed by atoms with Gasteiger partial charge >= 0.3 is 0 Å². The Bertz CT molecular complexity index is 727. The number of benzene rings is 2. The molecular weight excluding hydrogens is 260 g/mol. The molecule has 2 rings (SSSR count). The Kier molecular flexibility index (Phi) is 3.84. The standard InChI is InChI=1S/C14H14N2O2S/c1-2-16(11-10-15)19(17,18)14-9-5-7-12-6-3-4-8-13(12)14/h3-9H,2,11H2,1H3. The predicted octanol–water partition coefficient (Wildman–Crippen LogP) is 2.37. The van der Waals surface area contributed by atoms with E-state index in [1.807, 2.05) is 30.3 Å². The van der Waals surface area contributed by atoms with E-state index in [1.54, 1.807) is 25.1 Å². The number of rotatable bonds is 4. The molecule has 0 unspecified atom stereocenters. The Morgan fingerprint density at radius 2 is 1.84 bits per heavy atom. The number of hydrogen-bond acceptors (Lipinski definition) is 3. The van der Waals surface area contributed by atoms with Crippen molar-refractivity contribution in [1.82, 2.24) is 4.31 Å². The molecule has 0 fully saturated rings. The van der Waals surface area contributed by atoms with E-state index in [0.717, 1.165) is 5.39 Å². The molecular formula is C14H14N2O2S. The zero-order chi connectivity index (χ0) is 13.9. The molecule has 0 aromatic heterocycles. The minimum Gasteiger partial charge on any atom is -0.207 e. The number of sulfonamides is 1. The molecule has 2 aromatic carbocycles. The van der Waals surface area contributed by atoms with Crippen molar-refractivity contribution in [1.29, 1.82) is 5.26 Å². The summed E-state index contributed by atoms with van der Waals surface area (Å²) in [5, 5.41) is 10.3. The largest absolute Gasteiger partial charge is 0.244 e. The molecule has 98 valence electrons. The maximum absolute atomic E-state index is 12.5. The summed E-state index contributed by atoms with van der Waals surface area (Å²) in [7, 11) is -3.63. The Morgan fingerprint density at radius 3 is 2.53 bits per heavy atom. The van der Waals surface area contributed by atoms with Gasteiger partial charge in [0.2, 0.25) is 10.0 Å². The number of nitrogens with zero attached hydrogens (tertiary/aromatic N) is 2. The molecule has 0 saturated heterocycles. The van der Waals surface area contributed by atoms with Gasteiger partial charge in [0.15, 0.2) is 0 Å². The summed E-state index contributed by atoms with van der Waals surface area (Å²) in [5.41, 5.74) is 0. The third-order valence-electron chi connectivity index (χ3n) is 2.97. The van der Waals surface area contributed by atoms with Crippen LogP contribution in [0.5, 0.6) is 0 Å². The second-order valence-corrected chi connectivity index (χ2v) is 5.97. The van der Waals surface area contributed by atoms with E-state index in [-0.39, 0.29) is 18.0 Å². The third kappa shape index (κ3) is 2.46. The summed E-state index contributed by atoms with van der Waals surface area (Å²) >= 11 is 0. The van der Waals surface area contributed by atoms with Crippen molar-refractivity contribution in [3.8, 4) is 6.07 Å². The minimum absolute atomic E-state index is 0.137. The molecule has 0 amide bonds. The highest BCUT2D eigenvalue weighted by atomic mass is 32.2. The van der Waals surface area contributed by atoms with Crippen molar-refractivity contribution >= 4 is 20.8 Å². The number of fused-ring (bicyclic) bond motifs is 1. The van der Waals surface area contributed by atoms with Gasteiger partial charge in [0.25, 0.3) is 0 Å². The highest BCUT2D eigenvalue weighted by molar-refractivity contribution is 7.89. The lowest BCUT2D eigenvalue weighted by atomic mass is 10.1. The summed E-state index contributed by atoms with van der Waals surface area (Å²) in [6, 6.07) is 14.4. The van der Waals surface area contributed by atoms with E-state index in [1.165, 1.54) is 4.31 Å². The summed E-state index contributed by atoms with van der Waals surface area (Å²) in [5.74, 6) is 0. The van der Waals surface area contributed by atoms with Crippen molar-refractivity contribution in [2.75, 3.05) is 13.1 Å². The van der Waals surface area contributed by atoms with Crippen LogP contribution in [0.15, 0.2) is 47.4 Å². The molecule has 0 N–H and O–H groups in total. The van der Waals surface area contributed by atoms with Gasteiger partial charge in [0.05, 0.1) is 11.0 Å². The van der Waals surface area contributed by atoms with E-state index >= 15 is 0 Å². The van der Waals surface area contributed by atoms with Gasteiger partial charge in [0, 0.05) is 11.9 Å². The van der Waals surface area contributed by atoms with Crippen LogP contribution in [0.1, 0.15) is 6.92 Å². The smallest absolute Gasteiger partial charge is 0.207 e. The highest BCUT2D eigenvalue weighted by Gasteiger charge is 2.24. The van der Waals surface area contributed by atoms with Crippen LogP contribution in [0.2, 0.25) is 0 Å². The quantitative estimate of drug-likeness (QED) is 0.804. The zero-order valence-corrected chi connectivity index (χ0v) is 11.4. The lowest BCUT2D eigenvalue weighted by Crippen LogP contribution is -2.31. The number of hydrogen-bond donors (Lipinski definition) is 0. The molecule has 0 radical (unpaired) electrons. The predicted molar refractivity (Wildman–Crippen MR) is 74.0 cm³/mol. The molecule has 4 nitrogen and oxygen atoms in total. The lowest BCUT2D eigenvalue weighted by molar-refractivity contribution is 0.463. The van der Waals surface area contributed by atoms with Crippen LogP contribution >= 0.6 is 0 Å². The lowest BCUT2D eigenvalue weighted by Gasteiger charge is -2.18. The van der Waals surface area contributed by atoms with Crippen molar-refractivity contribution in [2.45, 2.75) is 11.8 Å². The Hall–Kier alpha value is -1.90. The fourth-order valence-electron chi connectivity index (χ4n) is 2.01. The summed E-state index contributed by atoms with van der Waals surface area (Å²) in [6.07, 6.45) is 0. The van der Waals surface area contributed by atoms with Gasteiger partial charge < -0.3 is 0 Å². The van der Waals surface area contributed by atoms with Crippen molar-refractivity contribution < 1.29 is 8.42 Å². The van der Waals surface area contributed by atoms with Crippen LogP contribution in [0, 0.1) is 11.3 Å². The van der Waals surface area contributed by atoms with Gasteiger partial charge in [0.1, 0.15) is 6.54 Å². The van der Waals surface area contributed by atoms with Crippen LogP contribution in [0.25, 0.3) is 10.8 Å². The third-order valence-corrected chi connectivity index (χ3v) is 4.95. The van der Waals surface area contributed by atoms with Crippen LogP contribution in [-0.4, -0.2) is 25.8 Å². The molecule has 0 aliphatic carbocycles. The second kappa shape index (κ2) is 5.39. The van der Waals surface area contributed by atoms with Crippen molar-refractivity contribution in [2.24, 2.45) is 0 Å². The first-order valence-electron chi connectivity index (χ1n) is 5.96. The van der Waals surface area contributed by atoms with Crippen LogP contribution in [0.3, 0.4) is 0 Å². The van der Waals surface area contributed by atoms with Gasteiger partial charge in [-0.3, -0.25) is 0 Å². The maximum atomic E-state index is 12.5. The molecule has 0 spiro atoms. The Morgan fingerprint density at radius 1 is 1.16 bits per heavy atom. The molecule has 0 saturated carbocycles. The van der Waals surface area contributed by atoms with E-state index in [2.05, 4.69) is 0 Å². The molecule has 2 aromatic rings. The van der Waals surface area contributed by atoms with Crippen LogP contribution in [0.4, 0.5) is 0 Å². The van der Waals surface area contributed by atoms with Crippen LogP contribution < -0.4 is 0 Å². The fourth-order valence-corrected chi connectivity index (χ4v) is 3.57. The summed E-state index contributed by atoms with van der Waals surface area (Å²) < 4.78 is 26.3. The number of nitriles is 1. The summed E-state index contributed by atoms with van der Waals surface area (Å²) in [6.45, 7) is 1.86. The second-order valence-electron chi connectivity index (χ2n) is 4.07. The molecule has 0 aliphatic rings. The fraction of sp³-hybridized carbons (Fsp3) is 0.214. The molecule has 0 atom stereocenters. The summed E-state index contributed by atoms with van der Waals surface area (Å²) in [4.78, 5) is 0.253. The van der Waals surface area contributed by atoms with Crippen LogP contribution in [-0.2, 0) is 10.0 Å². The highest BCUT2D eigenvalue weighted by Crippen LogP contribution is 2.25. The Labute approximate surface area is 112 Å². The normalized spacial score (nSPS) is 11.6. The first-order chi connectivity index (χ1) is 9.11. The first kappa shape index (κ1) is 13.5. The first-order valence-corrected chi connectivity index (χ1v) is 7.40. The van der Waals surface area contributed by atoms with E-state index in [4.69, 9.17) is 5.26 Å². The van der Waals surface area contributed by atoms with E-state index < -0.39 is 10.0 Å². The SMILES string of the molecule is CCN(CC#N)S(=O)(=O)c1cccc2ccccc12. The zero-order valence-electron chi connectivity index (χ0n) is 10.6. The minimum atomic E-state index is -3.63. The monoisotopic (exact) mass is 274 g/mol. The van der Waals surface area contributed by atoms with Gasteiger partial charge in [-0.1, -0.05) is 43.3 Å². The molecule has 19 heavy (non-hydrogen) atoms. The van der Waals surface area contributed by atoms with Gasteiger partial charge in [-0.2, -0.15) is 9.57 Å². The average Bonchev–Trinajstić information content (AvgIpc) is 2.43. The Balaban J connectivity index is 2.64. The molecule has 0 heterocycles. The maximum Gasteiger partial charge on any atom is 0.244 e. The average molecular weight is 274 g/mol. The van der Waals surface area contributed by atoms with Gasteiger partial charge in [-0.05, 0) is 11.5 Å². The van der Waals surface area contributed by atoms with Gasteiger partial charge in [-0.15, -0.1) is 0 Å². The van der Waals surface area contributed by atoms with Crippen molar-refractivity contribution in [3.63, 3.8) is 0 Å². The molecule has 5 heteroatoms. The topological polar surface area (TPSA) is 61.2 Å². The van der Waals surface area contributed by atoms with Crippen molar-refractivity contribution in [3.05, 3.63) is 42.5 Å².